The van der Waals surface area contributed by atoms with Gasteiger partial charge >= 0.3 is 0 Å². The molecule has 0 aliphatic rings. The largest absolute Gasteiger partial charge is 0.394 e. The third-order valence-electron chi connectivity index (χ3n) is 5.36. The van der Waals surface area contributed by atoms with Crippen LogP contribution in [0, 0.1) is 12.7 Å². The summed E-state index contributed by atoms with van der Waals surface area (Å²) >= 11 is 5.76. The Kier molecular flexibility index (Phi) is 7.85. The van der Waals surface area contributed by atoms with Gasteiger partial charge in [0.15, 0.2) is 5.69 Å². The molecule has 9 nitrogen and oxygen atoms in total. The smallest absolute Gasteiger partial charge is 0.269 e. The van der Waals surface area contributed by atoms with Gasteiger partial charge in [-0.1, -0.05) is 35.4 Å². The van der Waals surface area contributed by atoms with Gasteiger partial charge in [0.05, 0.1) is 29.7 Å². The summed E-state index contributed by atoms with van der Waals surface area (Å²) in [6.07, 6.45) is 0. The number of aliphatic hydroxyl groups excluding tert-OH is 1. The average molecular weight is 490 g/mol. The average Bonchev–Trinajstić information content (AvgIpc) is 3.15. The van der Waals surface area contributed by atoms with Gasteiger partial charge in [-0.25, -0.2) is 4.39 Å². The van der Waals surface area contributed by atoms with Crippen molar-refractivity contribution in [2.24, 2.45) is 5.73 Å². The first-order valence-electron chi connectivity index (χ1n) is 10.5. The van der Waals surface area contributed by atoms with Crippen LogP contribution in [0.3, 0.4) is 0 Å². The number of carbonyl (C=O) groups is 3. The van der Waals surface area contributed by atoms with Crippen LogP contribution in [0.1, 0.15) is 28.5 Å². The normalized spacial score (nSPS) is 11.9. The topological polar surface area (TPSA) is 131 Å². The lowest BCUT2D eigenvalue weighted by atomic mass is 10.1. The molecule has 0 saturated carbocycles. The molecule has 3 rings (SSSR count). The molecule has 0 fully saturated rings. The van der Waals surface area contributed by atoms with Crippen molar-refractivity contribution in [2.75, 3.05) is 13.2 Å². The quantitative estimate of drug-likeness (QED) is 0.421. The van der Waals surface area contributed by atoms with E-state index in [0.717, 1.165) is 5.56 Å². The summed E-state index contributed by atoms with van der Waals surface area (Å²) in [6.45, 7) is 2.28. The van der Waals surface area contributed by atoms with Crippen molar-refractivity contribution >= 4 is 40.2 Å². The van der Waals surface area contributed by atoms with E-state index in [4.69, 9.17) is 17.3 Å². The lowest BCUT2D eigenvalue weighted by Crippen LogP contribution is -2.47. The van der Waals surface area contributed by atoms with E-state index in [1.807, 2.05) is 13.0 Å². The Labute approximate surface area is 200 Å². The SMILES string of the molecule is Cc1ccc2c(c1)c(C(N)=O)nn2CC(=O)N(CC(=O)NCc1cccc(Cl)c1F)[C@H](C)CO. The van der Waals surface area contributed by atoms with E-state index in [1.54, 1.807) is 25.1 Å². The molecule has 1 aromatic heterocycles. The number of benzene rings is 2. The second-order valence-electron chi connectivity index (χ2n) is 7.93. The summed E-state index contributed by atoms with van der Waals surface area (Å²) in [5.74, 6) is -2.42. The van der Waals surface area contributed by atoms with Crippen molar-refractivity contribution < 1.29 is 23.9 Å². The molecular weight excluding hydrogens is 465 g/mol. The summed E-state index contributed by atoms with van der Waals surface area (Å²) in [5.41, 5.74) is 7.10. The highest BCUT2D eigenvalue weighted by molar-refractivity contribution is 6.30. The maximum Gasteiger partial charge on any atom is 0.269 e. The fourth-order valence-electron chi connectivity index (χ4n) is 3.49. The van der Waals surface area contributed by atoms with Crippen LogP contribution in [0.5, 0.6) is 0 Å². The van der Waals surface area contributed by atoms with Crippen LogP contribution in [0.15, 0.2) is 36.4 Å². The van der Waals surface area contributed by atoms with E-state index < -0.39 is 29.6 Å². The van der Waals surface area contributed by atoms with Gasteiger partial charge in [0, 0.05) is 17.5 Å². The minimum atomic E-state index is -0.727. The molecule has 0 spiro atoms. The highest BCUT2D eigenvalue weighted by Gasteiger charge is 2.25. The fourth-order valence-corrected chi connectivity index (χ4v) is 3.69. The lowest BCUT2D eigenvalue weighted by molar-refractivity contribution is -0.139. The molecule has 0 radical (unpaired) electrons. The molecule has 3 aromatic rings. The molecule has 180 valence electrons. The Balaban J connectivity index is 1.77. The van der Waals surface area contributed by atoms with E-state index in [-0.39, 0.29) is 42.5 Å². The number of nitrogens with two attached hydrogens (primary N) is 1. The highest BCUT2D eigenvalue weighted by atomic mass is 35.5. The molecule has 2 aromatic carbocycles. The second kappa shape index (κ2) is 10.6. The summed E-state index contributed by atoms with van der Waals surface area (Å²) in [5, 5.41) is 16.8. The second-order valence-corrected chi connectivity index (χ2v) is 8.34. The van der Waals surface area contributed by atoms with E-state index >= 15 is 0 Å². The number of aromatic nitrogens is 2. The summed E-state index contributed by atoms with van der Waals surface area (Å²) in [6, 6.07) is 9.06. The van der Waals surface area contributed by atoms with E-state index in [0.29, 0.717) is 10.9 Å². The molecule has 0 unspecified atom stereocenters. The number of aryl methyl sites for hydroxylation is 1. The van der Waals surface area contributed by atoms with Crippen molar-refractivity contribution in [3.8, 4) is 0 Å². The van der Waals surface area contributed by atoms with Gasteiger partial charge in [-0.15, -0.1) is 0 Å². The number of carbonyl (C=O) groups excluding carboxylic acids is 3. The molecule has 4 N–H and O–H groups in total. The minimum Gasteiger partial charge on any atom is -0.394 e. The van der Waals surface area contributed by atoms with Crippen molar-refractivity contribution in [1.82, 2.24) is 20.0 Å². The van der Waals surface area contributed by atoms with Crippen LogP contribution >= 0.6 is 11.6 Å². The Morgan fingerprint density at radius 3 is 2.71 bits per heavy atom. The number of hydrogen-bond donors (Lipinski definition) is 3. The van der Waals surface area contributed by atoms with Gasteiger partial charge in [0.1, 0.15) is 12.4 Å². The lowest BCUT2D eigenvalue weighted by Gasteiger charge is -2.27. The van der Waals surface area contributed by atoms with E-state index in [9.17, 15) is 23.9 Å². The Bertz CT molecular complexity index is 1250. The molecule has 3 amide bonds. The van der Waals surface area contributed by atoms with Crippen molar-refractivity contribution in [1.29, 1.82) is 0 Å². The van der Waals surface area contributed by atoms with Crippen LogP contribution in [0.4, 0.5) is 4.39 Å². The summed E-state index contributed by atoms with van der Waals surface area (Å²) < 4.78 is 15.4. The number of nitrogens with zero attached hydrogens (tertiary/aromatic N) is 3. The number of halogens is 2. The predicted molar refractivity (Wildman–Crippen MR) is 125 cm³/mol. The van der Waals surface area contributed by atoms with Gasteiger partial charge in [-0.05, 0) is 32.0 Å². The standard InChI is InChI=1S/C23H25ClFN5O4/c1-13-6-7-18-16(8-13)22(23(26)34)28-30(18)11-20(33)29(14(2)12-31)10-19(32)27-9-15-4-3-5-17(24)21(15)25/h3-8,14,31H,9-12H2,1-2H3,(H2,26,34)(H,27,32)/t14-/m1/s1. The maximum atomic E-state index is 14.1. The predicted octanol–water partition coefficient (Wildman–Crippen LogP) is 1.76. The molecule has 0 aliphatic heterocycles. The van der Waals surface area contributed by atoms with Gasteiger partial charge in [-0.2, -0.15) is 5.10 Å². The minimum absolute atomic E-state index is 0.0366. The maximum absolute atomic E-state index is 14.1. The Morgan fingerprint density at radius 2 is 2.03 bits per heavy atom. The molecule has 1 heterocycles. The van der Waals surface area contributed by atoms with Crippen molar-refractivity contribution in [3.05, 3.63) is 64.1 Å². The fraction of sp³-hybridized carbons (Fsp3) is 0.304. The third kappa shape index (κ3) is 5.52. The number of nitrogens with one attached hydrogen (secondary N) is 1. The molecule has 0 bridgehead atoms. The molecule has 0 saturated heterocycles. The first-order valence-corrected chi connectivity index (χ1v) is 10.9. The monoisotopic (exact) mass is 489 g/mol. The van der Waals surface area contributed by atoms with Gasteiger partial charge in [-0.3, -0.25) is 19.1 Å². The Hall–Kier alpha value is -3.50. The first kappa shape index (κ1) is 25.1. The van der Waals surface area contributed by atoms with Crippen LogP contribution in [0.2, 0.25) is 5.02 Å². The van der Waals surface area contributed by atoms with Gasteiger partial charge in [0.2, 0.25) is 11.8 Å². The number of aliphatic hydroxyl groups is 1. The zero-order valence-corrected chi connectivity index (χ0v) is 19.5. The van der Waals surface area contributed by atoms with Gasteiger partial charge < -0.3 is 21.1 Å². The first-order chi connectivity index (χ1) is 16.1. The van der Waals surface area contributed by atoms with Gasteiger partial charge in [0.25, 0.3) is 5.91 Å². The van der Waals surface area contributed by atoms with Crippen LogP contribution in [-0.2, 0) is 22.7 Å². The van der Waals surface area contributed by atoms with E-state index in [2.05, 4.69) is 10.4 Å². The van der Waals surface area contributed by atoms with Crippen LogP contribution < -0.4 is 11.1 Å². The molecule has 1 atom stereocenters. The van der Waals surface area contributed by atoms with Crippen LogP contribution in [-0.4, -0.2) is 56.7 Å². The molecule has 34 heavy (non-hydrogen) atoms. The summed E-state index contributed by atoms with van der Waals surface area (Å²) in [7, 11) is 0. The molecule has 0 aliphatic carbocycles. The zero-order chi connectivity index (χ0) is 25.0. The highest BCUT2D eigenvalue weighted by Crippen LogP contribution is 2.21. The van der Waals surface area contributed by atoms with Crippen molar-refractivity contribution in [2.45, 2.75) is 33.0 Å². The number of rotatable bonds is 9. The van der Waals surface area contributed by atoms with Crippen LogP contribution in [0.25, 0.3) is 10.9 Å². The number of fused-ring (bicyclic) bond motifs is 1. The molecular formula is C23H25ClFN5O4. The number of amides is 3. The Morgan fingerprint density at radius 1 is 1.29 bits per heavy atom. The number of hydrogen-bond acceptors (Lipinski definition) is 5. The van der Waals surface area contributed by atoms with Crippen molar-refractivity contribution in [3.63, 3.8) is 0 Å². The number of primary amides is 1. The van der Waals surface area contributed by atoms with E-state index in [1.165, 1.54) is 21.7 Å². The summed E-state index contributed by atoms with van der Waals surface area (Å²) in [4.78, 5) is 38.6. The third-order valence-corrected chi connectivity index (χ3v) is 5.65. The zero-order valence-electron chi connectivity index (χ0n) is 18.7. The molecule has 11 heteroatoms.